The Morgan fingerprint density at radius 2 is 2.12 bits per heavy atom. The number of carbonyl (C=O) groups is 1. The molecule has 5 heteroatoms. The molecule has 0 saturated carbocycles. The number of esters is 1. The number of nitrogens with one attached hydrogen (secondary N) is 1. The van der Waals surface area contributed by atoms with Gasteiger partial charge in [0.2, 0.25) is 6.04 Å². The summed E-state index contributed by atoms with van der Waals surface area (Å²) in [5.41, 5.74) is 0.571. The number of nitriles is 1. The number of para-hydroxylation sites is 2. The molecule has 0 heterocycles. The Hall–Kier alpha value is -2.22. The number of methoxy groups -OCH3 is 2. The van der Waals surface area contributed by atoms with Crippen LogP contribution in [0.25, 0.3) is 0 Å². The molecule has 0 amide bonds. The highest BCUT2D eigenvalue weighted by atomic mass is 16.5. The van der Waals surface area contributed by atoms with Crippen molar-refractivity contribution in [2.75, 3.05) is 19.5 Å². The van der Waals surface area contributed by atoms with E-state index in [4.69, 9.17) is 10.00 Å². The van der Waals surface area contributed by atoms with Crippen molar-refractivity contribution >= 4 is 11.7 Å². The number of ether oxygens (including phenoxy) is 2. The average molecular weight is 220 g/mol. The second kappa shape index (κ2) is 5.61. The van der Waals surface area contributed by atoms with Gasteiger partial charge < -0.3 is 14.8 Å². The number of hydrogen-bond donors (Lipinski definition) is 1. The summed E-state index contributed by atoms with van der Waals surface area (Å²) in [6, 6.07) is 7.79. The molecule has 0 aliphatic rings. The van der Waals surface area contributed by atoms with Crippen molar-refractivity contribution in [1.82, 2.24) is 0 Å². The van der Waals surface area contributed by atoms with Crippen molar-refractivity contribution in [1.29, 1.82) is 5.26 Å². The molecular formula is C11H12N2O3. The maximum absolute atomic E-state index is 11.2. The van der Waals surface area contributed by atoms with Gasteiger partial charge in [0, 0.05) is 0 Å². The summed E-state index contributed by atoms with van der Waals surface area (Å²) in [5.74, 6) is -0.0694. The van der Waals surface area contributed by atoms with Crippen molar-refractivity contribution in [2.45, 2.75) is 6.04 Å². The lowest BCUT2D eigenvalue weighted by Gasteiger charge is -2.13. The van der Waals surface area contributed by atoms with Crippen LogP contribution < -0.4 is 10.1 Å². The lowest BCUT2D eigenvalue weighted by atomic mass is 10.2. The minimum Gasteiger partial charge on any atom is -0.495 e. The number of nitrogens with zero attached hydrogens (tertiary/aromatic N) is 1. The maximum Gasteiger partial charge on any atom is 0.343 e. The van der Waals surface area contributed by atoms with Crippen LogP contribution in [0.5, 0.6) is 5.75 Å². The monoisotopic (exact) mass is 220 g/mol. The van der Waals surface area contributed by atoms with Gasteiger partial charge in [-0.15, -0.1) is 0 Å². The van der Waals surface area contributed by atoms with E-state index in [-0.39, 0.29) is 0 Å². The molecule has 5 nitrogen and oxygen atoms in total. The topological polar surface area (TPSA) is 71.4 Å². The summed E-state index contributed by atoms with van der Waals surface area (Å²) >= 11 is 0. The molecule has 0 radical (unpaired) electrons. The van der Waals surface area contributed by atoms with Gasteiger partial charge in [0.25, 0.3) is 0 Å². The van der Waals surface area contributed by atoms with E-state index in [9.17, 15) is 4.79 Å². The van der Waals surface area contributed by atoms with Crippen LogP contribution in [0.3, 0.4) is 0 Å². The quantitative estimate of drug-likeness (QED) is 0.771. The summed E-state index contributed by atoms with van der Waals surface area (Å²) in [6.45, 7) is 0. The van der Waals surface area contributed by atoms with Crippen LogP contribution >= 0.6 is 0 Å². The van der Waals surface area contributed by atoms with Gasteiger partial charge in [-0.2, -0.15) is 5.26 Å². The van der Waals surface area contributed by atoms with Crippen LogP contribution in [-0.2, 0) is 9.53 Å². The summed E-state index contributed by atoms with van der Waals surface area (Å²) in [5, 5.41) is 11.5. The summed E-state index contributed by atoms with van der Waals surface area (Å²) in [6.07, 6.45) is 0. The summed E-state index contributed by atoms with van der Waals surface area (Å²) < 4.78 is 9.56. The first-order valence-corrected chi connectivity index (χ1v) is 4.60. The Morgan fingerprint density at radius 3 is 2.69 bits per heavy atom. The van der Waals surface area contributed by atoms with Gasteiger partial charge in [0.1, 0.15) is 5.75 Å². The zero-order chi connectivity index (χ0) is 12.0. The van der Waals surface area contributed by atoms with Gasteiger partial charge in [0.15, 0.2) is 0 Å². The molecule has 1 rings (SSSR count). The molecule has 16 heavy (non-hydrogen) atoms. The molecule has 1 atom stereocenters. The van der Waals surface area contributed by atoms with Crippen molar-refractivity contribution in [3.8, 4) is 11.8 Å². The normalized spacial score (nSPS) is 11.1. The van der Waals surface area contributed by atoms with Crippen molar-refractivity contribution < 1.29 is 14.3 Å². The van der Waals surface area contributed by atoms with Crippen LogP contribution in [-0.4, -0.2) is 26.2 Å². The van der Waals surface area contributed by atoms with E-state index in [0.717, 1.165) is 0 Å². The molecule has 0 aliphatic heterocycles. The van der Waals surface area contributed by atoms with E-state index in [1.165, 1.54) is 14.2 Å². The largest absolute Gasteiger partial charge is 0.495 e. The van der Waals surface area contributed by atoms with Gasteiger partial charge in [-0.1, -0.05) is 12.1 Å². The molecule has 0 aromatic heterocycles. The molecule has 0 fully saturated rings. The predicted molar refractivity (Wildman–Crippen MR) is 58.0 cm³/mol. The molecule has 0 aliphatic carbocycles. The number of benzene rings is 1. The van der Waals surface area contributed by atoms with Crippen molar-refractivity contribution in [2.24, 2.45) is 0 Å². The lowest BCUT2D eigenvalue weighted by molar-refractivity contribution is -0.140. The van der Waals surface area contributed by atoms with E-state index in [1.807, 2.05) is 6.07 Å². The van der Waals surface area contributed by atoms with Gasteiger partial charge in [0.05, 0.1) is 26.0 Å². The van der Waals surface area contributed by atoms with Crippen molar-refractivity contribution in [3.05, 3.63) is 24.3 Å². The number of anilines is 1. The fraction of sp³-hybridized carbons (Fsp3) is 0.273. The third kappa shape index (κ3) is 2.64. The van der Waals surface area contributed by atoms with Crippen LogP contribution in [0.1, 0.15) is 0 Å². The Labute approximate surface area is 93.6 Å². The maximum atomic E-state index is 11.2. The Kier molecular flexibility index (Phi) is 4.16. The Bertz CT molecular complexity index is 412. The van der Waals surface area contributed by atoms with Crippen LogP contribution in [0.4, 0.5) is 5.69 Å². The summed E-state index contributed by atoms with van der Waals surface area (Å²) in [4.78, 5) is 11.2. The molecule has 1 aromatic carbocycles. The third-order valence-electron chi connectivity index (χ3n) is 1.97. The van der Waals surface area contributed by atoms with Gasteiger partial charge in [-0.25, -0.2) is 4.79 Å². The molecule has 0 bridgehead atoms. The van der Waals surface area contributed by atoms with E-state index < -0.39 is 12.0 Å². The first-order chi connectivity index (χ1) is 7.72. The predicted octanol–water partition coefficient (Wildman–Crippen LogP) is 1.17. The Balaban J connectivity index is 2.86. The van der Waals surface area contributed by atoms with E-state index in [2.05, 4.69) is 10.1 Å². The average Bonchev–Trinajstić information content (AvgIpc) is 2.35. The number of hydrogen-bond acceptors (Lipinski definition) is 5. The standard InChI is InChI=1S/C11H12N2O3/c1-15-10-6-4-3-5-8(10)13-9(7-12)11(14)16-2/h3-6,9,13H,1-2H3. The first kappa shape index (κ1) is 11.9. The van der Waals surface area contributed by atoms with Crippen LogP contribution in [0.2, 0.25) is 0 Å². The zero-order valence-corrected chi connectivity index (χ0v) is 9.06. The number of carbonyl (C=O) groups excluding carboxylic acids is 1. The van der Waals surface area contributed by atoms with Gasteiger partial charge >= 0.3 is 5.97 Å². The molecule has 1 unspecified atom stereocenters. The fourth-order valence-electron chi connectivity index (χ4n) is 1.18. The molecule has 0 spiro atoms. The Morgan fingerprint density at radius 1 is 1.44 bits per heavy atom. The highest BCUT2D eigenvalue weighted by molar-refractivity contribution is 5.83. The van der Waals surface area contributed by atoms with Crippen molar-refractivity contribution in [3.63, 3.8) is 0 Å². The second-order valence-electron chi connectivity index (χ2n) is 2.93. The van der Waals surface area contributed by atoms with E-state index >= 15 is 0 Å². The molecular weight excluding hydrogens is 208 g/mol. The first-order valence-electron chi connectivity index (χ1n) is 4.60. The lowest BCUT2D eigenvalue weighted by Crippen LogP contribution is -2.29. The third-order valence-corrected chi connectivity index (χ3v) is 1.97. The van der Waals surface area contributed by atoms with Crippen LogP contribution in [0, 0.1) is 11.3 Å². The highest BCUT2D eigenvalue weighted by Crippen LogP contribution is 2.23. The fourth-order valence-corrected chi connectivity index (χ4v) is 1.18. The minimum absolute atomic E-state index is 0.562. The zero-order valence-electron chi connectivity index (χ0n) is 9.06. The number of rotatable bonds is 4. The molecule has 84 valence electrons. The van der Waals surface area contributed by atoms with Gasteiger partial charge in [-0.05, 0) is 12.1 Å². The molecule has 1 N–H and O–H groups in total. The van der Waals surface area contributed by atoms with Gasteiger partial charge in [-0.3, -0.25) is 0 Å². The molecule has 0 saturated heterocycles. The van der Waals surface area contributed by atoms with E-state index in [0.29, 0.717) is 11.4 Å². The van der Waals surface area contributed by atoms with E-state index in [1.54, 1.807) is 24.3 Å². The second-order valence-corrected chi connectivity index (χ2v) is 2.93. The SMILES string of the molecule is COC(=O)C(C#N)Nc1ccccc1OC. The smallest absolute Gasteiger partial charge is 0.343 e. The molecule has 1 aromatic rings. The van der Waals surface area contributed by atoms with Crippen LogP contribution in [0.15, 0.2) is 24.3 Å². The summed E-state index contributed by atoms with van der Waals surface area (Å²) in [7, 11) is 2.75. The highest BCUT2D eigenvalue weighted by Gasteiger charge is 2.19. The minimum atomic E-state index is -1.04.